The molecule has 2 aliphatic carbocycles. The van der Waals surface area contributed by atoms with Gasteiger partial charge in [-0.05, 0) is 0 Å². The maximum Gasteiger partial charge on any atom is -1.00 e. The molecule has 4 aromatic rings. The zero-order valence-electron chi connectivity index (χ0n) is 30.6. The molecule has 2 atom stereocenters. The first-order valence-electron chi connectivity index (χ1n) is 17.3. The summed E-state index contributed by atoms with van der Waals surface area (Å²) in [6, 6.07) is 30.4. The van der Waals surface area contributed by atoms with Crippen molar-refractivity contribution >= 4 is 6.48 Å². The van der Waals surface area contributed by atoms with Gasteiger partial charge in [0, 0.05) is 0 Å². The van der Waals surface area contributed by atoms with Gasteiger partial charge < -0.3 is 24.8 Å². The van der Waals surface area contributed by atoms with Crippen LogP contribution in [0.5, 0.6) is 0 Å². The fourth-order valence-electron chi connectivity index (χ4n) is 8.31. The van der Waals surface area contributed by atoms with Crippen LogP contribution in [-0.2, 0) is 38.5 Å². The zero-order chi connectivity index (χ0) is 33.0. The molecule has 0 saturated carbocycles. The van der Waals surface area contributed by atoms with Gasteiger partial charge in [-0.25, -0.2) is 0 Å². The van der Waals surface area contributed by atoms with Crippen LogP contribution in [-0.4, -0.2) is 3.21 Å². The molecule has 0 amide bonds. The molecule has 0 N–H and O–H groups in total. The van der Waals surface area contributed by atoms with E-state index in [2.05, 4.69) is 166 Å². The zero-order valence-corrected chi connectivity index (χ0v) is 34.5. The minimum atomic E-state index is -2.74. The fourth-order valence-corrected chi connectivity index (χ4v) is 17.7. The maximum absolute atomic E-state index is 2.74. The molecule has 6 rings (SSSR count). The van der Waals surface area contributed by atoms with Crippen LogP contribution in [0.3, 0.4) is 0 Å². The molecule has 0 bridgehead atoms. The van der Waals surface area contributed by atoms with E-state index in [1.165, 1.54) is 44.5 Å². The Hall–Kier alpha value is -2.31. The number of halogens is 2. The third-order valence-corrected chi connectivity index (χ3v) is 19.5. The first-order valence-corrected chi connectivity index (χ1v) is 21.0. The molecule has 0 nitrogen and oxygen atoms in total. The molecule has 4 aromatic carbocycles. The van der Waals surface area contributed by atoms with Crippen LogP contribution in [0.2, 0.25) is 0 Å². The summed E-state index contributed by atoms with van der Waals surface area (Å²) in [5, 5.41) is 0. The van der Waals surface area contributed by atoms with E-state index in [0.29, 0.717) is 11.8 Å². The van der Waals surface area contributed by atoms with E-state index < -0.39 is 21.3 Å². The number of hydrogen-bond acceptors (Lipinski definition) is 0. The van der Waals surface area contributed by atoms with Gasteiger partial charge in [0.05, 0.1) is 0 Å². The monoisotopic (exact) mass is 752 g/mol. The predicted molar refractivity (Wildman–Crippen MR) is 198 cm³/mol. The SMILES string of the molecule is Cc1cc2c(cc1C(C)(C)C)-c1cc(C(C)(C)C)c(C)[c]([Zr+2]([C]3=CC=CC3)=[C](C(C)c3ccccc3)C(C)c3ccccc3)c1C2.[Cl-].[Cl-]. The molecule has 3 heteroatoms. The molecule has 0 fully saturated rings. The molecule has 0 spiro atoms. The van der Waals surface area contributed by atoms with Crippen LogP contribution in [0.4, 0.5) is 0 Å². The molecular formula is C45H52Cl2Zr. The van der Waals surface area contributed by atoms with Crippen molar-refractivity contribution < 1.29 is 46.1 Å². The van der Waals surface area contributed by atoms with Gasteiger partial charge in [-0.2, -0.15) is 0 Å². The Morgan fingerprint density at radius 1 is 0.688 bits per heavy atom. The largest absolute Gasteiger partial charge is 1.00 e. The van der Waals surface area contributed by atoms with Crippen molar-refractivity contribution in [2.75, 3.05) is 0 Å². The molecule has 2 aliphatic rings. The second-order valence-corrected chi connectivity index (χ2v) is 21.9. The maximum atomic E-state index is 2.60. The van der Waals surface area contributed by atoms with Crippen LogP contribution in [0, 0.1) is 13.8 Å². The van der Waals surface area contributed by atoms with Gasteiger partial charge in [0.15, 0.2) is 0 Å². The van der Waals surface area contributed by atoms with Gasteiger partial charge in [-0.3, -0.25) is 0 Å². The molecule has 0 saturated heterocycles. The molecule has 0 radical (unpaired) electrons. The summed E-state index contributed by atoms with van der Waals surface area (Å²) < 4.78 is 5.28. The summed E-state index contributed by atoms with van der Waals surface area (Å²) in [5.74, 6) is 0.748. The van der Waals surface area contributed by atoms with E-state index in [-0.39, 0.29) is 35.6 Å². The van der Waals surface area contributed by atoms with Gasteiger partial charge in [0.2, 0.25) is 0 Å². The van der Waals surface area contributed by atoms with Gasteiger partial charge in [0.25, 0.3) is 0 Å². The molecule has 0 heterocycles. The Kier molecular flexibility index (Phi) is 11.9. The van der Waals surface area contributed by atoms with Crippen LogP contribution in [0.15, 0.2) is 100 Å². The topological polar surface area (TPSA) is 0 Å². The van der Waals surface area contributed by atoms with Gasteiger partial charge in [-0.1, -0.05) is 0 Å². The third kappa shape index (κ3) is 7.27. The van der Waals surface area contributed by atoms with Crippen molar-refractivity contribution in [3.05, 3.63) is 145 Å². The molecule has 0 aliphatic heterocycles. The van der Waals surface area contributed by atoms with Crippen LogP contribution in [0.25, 0.3) is 11.1 Å². The predicted octanol–water partition coefficient (Wildman–Crippen LogP) is 5.34. The van der Waals surface area contributed by atoms with E-state index in [0.717, 1.165) is 12.8 Å². The van der Waals surface area contributed by atoms with Crippen molar-refractivity contribution in [2.45, 2.75) is 105 Å². The molecule has 250 valence electrons. The Morgan fingerprint density at radius 2 is 1.21 bits per heavy atom. The number of hydrogen-bond donors (Lipinski definition) is 0. The number of rotatable bonds is 6. The molecule has 2 unspecified atom stereocenters. The summed E-state index contributed by atoms with van der Waals surface area (Å²) in [4.78, 5) is 0. The average molecular weight is 755 g/mol. The Bertz CT molecular complexity index is 1830. The standard InChI is InChI=1S/C23H29.C17H18.C5H5.2ClH.Zr/c1-14-9-16-11-17-10-15(2)21(23(6,7)8)13-19(17)18(16)12-20(14)22(3,4)5;1-14(16-9-5-3-6-10-16)13-15(2)17-11-7-4-8-12-17;1-2-4-5-3-1;;;/h9,12-13H,11H2,1-8H3;3-12,14-15H,1-2H3;1-3H,4H2;2*1H;/q;;;;;+2/p-2. The summed E-state index contributed by atoms with van der Waals surface area (Å²) >= 11 is -2.74. The van der Waals surface area contributed by atoms with Gasteiger partial charge >= 0.3 is 288 Å². The summed E-state index contributed by atoms with van der Waals surface area (Å²) in [7, 11) is 0. The van der Waals surface area contributed by atoms with Crippen molar-refractivity contribution in [2.24, 2.45) is 0 Å². The van der Waals surface area contributed by atoms with Gasteiger partial charge in [0.1, 0.15) is 0 Å². The van der Waals surface area contributed by atoms with Crippen LogP contribution >= 0.6 is 0 Å². The first-order chi connectivity index (χ1) is 21.8. The van der Waals surface area contributed by atoms with E-state index in [9.17, 15) is 0 Å². The van der Waals surface area contributed by atoms with Crippen molar-refractivity contribution in [1.29, 1.82) is 0 Å². The third-order valence-electron chi connectivity index (χ3n) is 10.6. The molecule has 0 aromatic heterocycles. The fraction of sp³-hybridized carbons (Fsp3) is 0.356. The van der Waals surface area contributed by atoms with E-state index >= 15 is 0 Å². The normalized spacial score (nSPS) is 14.5. The number of fused-ring (bicyclic) bond motifs is 3. The first kappa shape index (κ1) is 38.5. The summed E-state index contributed by atoms with van der Waals surface area (Å²) in [6.45, 7) is 24.1. The molecular weight excluding hydrogens is 703 g/mol. The number of allylic oxidation sites excluding steroid dienone is 4. The van der Waals surface area contributed by atoms with Crippen molar-refractivity contribution in [3.8, 4) is 11.1 Å². The Labute approximate surface area is 311 Å². The van der Waals surface area contributed by atoms with Crippen LogP contribution in [0.1, 0.15) is 118 Å². The Morgan fingerprint density at radius 3 is 1.69 bits per heavy atom. The smallest absolute Gasteiger partial charge is 1.00 e. The molecule has 48 heavy (non-hydrogen) atoms. The Balaban J connectivity index is 0.00000260. The second-order valence-electron chi connectivity index (χ2n) is 15.9. The van der Waals surface area contributed by atoms with E-state index in [1.807, 2.05) is 0 Å². The number of aryl methyl sites for hydroxylation is 1. The minimum Gasteiger partial charge on any atom is -1.00 e. The van der Waals surface area contributed by atoms with Gasteiger partial charge in [-0.15, -0.1) is 0 Å². The van der Waals surface area contributed by atoms with Crippen LogP contribution < -0.4 is 28.1 Å². The summed E-state index contributed by atoms with van der Waals surface area (Å²) in [6.07, 6.45) is 9.41. The number of benzene rings is 4. The second kappa shape index (κ2) is 14.9. The quantitative estimate of drug-likeness (QED) is 0.220. The van der Waals surface area contributed by atoms with E-state index in [1.54, 1.807) is 20.9 Å². The minimum absolute atomic E-state index is 0. The summed E-state index contributed by atoms with van der Waals surface area (Å²) in [5.41, 5.74) is 15.2. The van der Waals surface area contributed by atoms with E-state index in [4.69, 9.17) is 0 Å². The average Bonchev–Trinajstić information content (AvgIpc) is 3.67. The van der Waals surface area contributed by atoms with Crippen molar-refractivity contribution in [3.63, 3.8) is 0 Å². The van der Waals surface area contributed by atoms with Crippen molar-refractivity contribution in [1.82, 2.24) is 0 Å².